The largest absolute Gasteiger partial charge is 0.491 e. The van der Waals surface area contributed by atoms with Crippen molar-refractivity contribution in [3.63, 3.8) is 0 Å². The summed E-state index contributed by atoms with van der Waals surface area (Å²) < 4.78 is 31.5. The summed E-state index contributed by atoms with van der Waals surface area (Å²) in [6.07, 6.45) is -1.11. The highest BCUT2D eigenvalue weighted by atomic mass is 35.5. The number of rotatable bonds is 4. The Balaban J connectivity index is 3.25. The molecule has 0 spiro atoms. The third-order valence-corrected chi connectivity index (χ3v) is 2.38. The van der Waals surface area contributed by atoms with Crippen molar-refractivity contribution in [2.75, 3.05) is 20.7 Å². The molecule has 0 bridgehead atoms. The van der Waals surface area contributed by atoms with E-state index in [0.717, 1.165) is 13.2 Å². The fraction of sp³-hybridized carbons (Fsp3) is 0.400. The molecule has 3 nitrogen and oxygen atoms in total. The van der Waals surface area contributed by atoms with E-state index in [1.165, 1.54) is 0 Å². The van der Waals surface area contributed by atoms with E-state index in [2.05, 4.69) is 10.1 Å². The van der Waals surface area contributed by atoms with Crippen molar-refractivity contribution >= 4 is 11.6 Å². The van der Waals surface area contributed by atoms with E-state index < -0.39 is 23.5 Å². The molecular formula is C10H12ClF2NO2. The molecule has 0 saturated heterocycles. The van der Waals surface area contributed by atoms with Crippen LogP contribution in [0.15, 0.2) is 6.07 Å². The first-order valence-corrected chi connectivity index (χ1v) is 4.94. The Morgan fingerprint density at radius 1 is 1.50 bits per heavy atom. The fourth-order valence-electron chi connectivity index (χ4n) is 1.32. The van der Waals surface area contributed by atoms with Crippen molar-refractivity contribution in [3.8, 4) is 5.75 Å². The number of hydrogen-bond donors (Lipinski definition) is 2. The number of aliphatic hydroxyl groups is 1. The number of halogens is 3. The molecule has 0 aliphatic heterocycles. The Kier molecular flexibility index (Phi) is 4.46. The number of likely N-dealkylation sites (N-methyl/N-ethyl adjacent to an activating group) is 1. The van der Waals surface area contributed by atoms with Gasteiger partial charge in [-0.05, 0) is 13.1 Å². The van der Waals surface area contributed by atoms with E-state index >= 15 is 0 Å². The van der Waals surface area contributed by atoms with Crippen LogP contribution in [-0.4, -0.2) is 25.8 Å². The van der Waals surface area contributed by atoms with E-state index in [1.54, 1.807) is 7.05 Å². The molecule has 1 aromatic rings. The van der Waals surface area contributed by atoms with Gasteiger partial charge in [0.25, 0.3) is 0 Å². The van der Waals surface area contributed by atoms with Gasteiger partial charge in [-0.3, -0.25) is 0 Å². The quantitative estimate of drug-likeness (QED) is 0.803. The number of benzene rings is 1. The second-order valence-corrected chi connectivity index (χ2v) is 3.59. The maximum atomic E-state index is 13.7. The lowest BCUT2D eigenvalue weighted by Crippen LogP contribution is -2.18. The highest BCUT2D eigenvalue weighted by molar-refractivity contribution is 6.31. The molecule has 6 heteroatoms. The molecule has 0 heterocycles. The third kappa shape index (κ3) is 2.42. The van der Waals surface area contributed by atoms with Gasteiger partial charge >= 0.3 is 0 Å². The van der Waals surface area contributed by atoms with E-state index in [0.29, 0.717) is 0 Å². The van der Waals surface area contributed by atoms with Gasteiger partial charge in [-0.2, -0.15) is 0 Å². The topological polar surface area (TPSA) is 41.5 Å². The van der Waals surface area contributed by atoms with E-state index in [9.17, 15) is 13.9 Å². The zero-order chi connectivity index (χ0) is 12.3. The Hall–Kier alpha value is -0.910. The molecule has 0 saturated carbocycles. The molecule has 0 aromatic heterocycles. The molecule has 2 N–H and O–H groups in total. The molecule has 0 fully saturated rings. The first-order chi connectivity index (χ1) is 7.52. The lowest BCUT2D eigenvalue weighted by molar-refractivity contribution is 0.171. The molecule has 1 unspecified atom stereocenters. The van der Waals surface area contributed by atoms with Gasteiger partial charge in [0.1, 0.15) is 0 Å². The molecule has 0 amide bonds. The fourth-order valence-corrected chi connectivity index (χ4v) is 1.53. The summed E-state index contributed by atoms with van der Waals surface area (Å²) in [6.45, 7) is 0.127. The molecule has 90 valence electrons. The first-order valence-electron chi connectivity index (χ1n) is 4.57. The molecular weight excluding hydrogens is 240 g/mol. The summed E-state index contributed by atoms with van der Waals surface area (Å²) in [5, 5.41) is 12.0. The van der Waals surface area contributed by atoms with E-state index in [-0.39, 0.29) is 17.1 Å². The monoisotopic (exact) mass is 251 g/mol. The van der Waals surface area contributed by atoms with Gasteiger partial charge in [0.15, 0.2) is 17.4 Å². The maximum Gasteiger partial charge on any atom is 0.192 e. The molecule has 0 radical (unpaired) electrons. The zero-order valence-corrected chi connectivity index (χ0v) is 9.61. The Morgan fingerprint density at radius 3 is 2.62 bits per heavy atom. The maximum absolute atomic E-state index is 13.7. The van der Waals surface area contributed by atoms with Crippen molar-refractivity contribution in [2.45, 2.75) is 6.10 Å². The van der Waals surface area contributed by atoms with Crippen molar-refractivity contribution in [1.82, 2.24) is 5.32 Å². The minimum absolute atomic E-state index is 0.0994. The van der Waals surface area contributed by atoms with Crippen LogP contribution in [0.5, 0.6) is 5.75 Å². The van der Waals surface area contributed by atoms with Crippen LogP contribution in [0.1, 0.15) is 11.7 Å². The smallest absolute Gasteiger partial charge is 0.192 e. The van der Waals surface area contributed by atoms with Crippen LogP contribution in [0.25, 0.3) is 0 Å². The standard InChI is InChI=1S/C10H12ClF2NO2/c1-14-4-7(15)5-3-6(11)9(13)10(16-2)8(5)12/h3,7,14-15H,4H2,1-2H3. The number of ether oxygens (including phenoxy) is 1. The highest BCUT2D eigenvalue weighted by Gasteiger charge is 2.22. The lowest BCUT2D eigenvalue weighted by Gasteiger charge is -2.14. The second kappa shape index (κ2) is 5.43. The predicted molar refractivity (Wildman–Crippen MR) is 56.8 cm³/mol. The molecule has 0 aliphatic rings. The minimum atomic E-state index is -1.11. The van der Waals surface area contributed by atoms with Crippen molar-refractivity contribution < 1.29 is 18.6 Å². The zero-order valence-electron chi connectivity index (χ0n) is 8.85. The Labute approximate surface area is 97.0 Å². The van der Waals surface area contributed by atoms with Crippen LogP contribution < -0.4 is 10.1 Å². The third-order valence-electron chi connectivity index (χ3n) is 2.10. The SMILES string of the molecule is CNCC(O)c1cc(Cl)c(F)c(OC)c1F. The van der Waals surface area contributed by atoms with Crippen LogP contribution in [-0.2, 0) is 0 Å². The number of nitrogens with one attached hydrogen (secondary N) is 1. The van der Waals surface area contributed by atoms with Crippen LogP contribution in [0.3, 0.4) is 0 Å². The van der Waals surface area contributed by atoms with Crippen molar-refractivity contribution in [3.05, 3.63) is 28.3 Å². The van der Waals surface area contributed by atoms with Gasteiger partial charge in [0.05, 0.1) is 18.2 Å². The van der Waals surface area contributed by atoms with Crippen LogP contribution in [0.2, 0.25) is 5.02 Å². The van der Waals surface area contributed by atoms with Gasteiger partial charge in [-0.25, -0.2) is 8.78 Å². The van der Waals surface area contributed by atoms with Crippen molar-refractivity contribution in [1.29, 1.82) is 0 Å². The molecule has 1 rings (SSSR count). The number of methoxy groups -OCH3 is 1. The molecule has 16 heavy (non-hydrogen) atoms. The van der Waals surface area contributed by atoms with Crippen LogP contribution >= 0.6 is 11.6 Å². The van der Waals surface area contributed by atoms with Crippen LogP contribution in [0, 0.1) is 11.6 Å². The number of hydrogen-bond acceptors (Lipinski definition) is 3. The summed E-state index contributed by atoms with van der Waals surface area (Å²) in [5.41, 5.74) is -0.0994. The van der Waals surface area contributed by atoms with Gasteiger partial charge in [0, 0.05) is 12.1 Å². The number of aliphatic hydroxyl groups excluding tert-OH is 1. The summed E-state index contributed by atoms with van der Waals surface area (Å²) in [6, 6.07) is 1.05. The molecule has 1 aromatic carbocycles. The van der Waals surface area contributed by atoms with Gasteiger partial charge in [0.2, 0.25) is 0 Å². The first kappa shape index (κ1) is 13.2. The van der Waals surface area contributed by atoms with E-state index in [1.807, 2.05) is 0 Å². The summed E-state index contributed by atoms with van der Waals surface area (Å²) in [7, 11) is 2.73. The predicted octanol–water partition coefficient (Wildman–Crippen LogP) is 1.88. The molecule has 1 atom stereocenters. The van der Waals surface area contributed by atoms with Gasteiger partial charge in [-0.1, -0.05) is 11.6 Å². The normalized spacial score (nSPS) is 12.6. The summed E-state index contributed by atoms with van der Waals surface area (Å²) in [4.78, 5) is 0. The molecule has 0 aliphatic carbocycles. The Bertz CT molecular complexity index is 388. The lowest BCUT2D eigenvalue weighted by atomic mass is 10.1. The average Bonchev–Trinajstić information content (AvgIpc) is 2.24. The van der Waals surface area contributed by atoms with Crippen molar-refractivity contribution in [2.24, 2.45) is 0 Å². The van der Waals surface area contributed by atoms with E-state index in [4.69, 9.17) is 11.6 Å². The average molecular weight is 252 g/mol. The Morgan fingerprint density at radius 2 is 2.12 bits per heavy atom. The van der Waals surface area contributed by atoms with Crippen LogP contribution in [0.4, 0.5) is 8.78 Å². The minimum Gasteiger partial charge on any atom is -0.491 e. The summed E-state index contributed by atoms with van der Waals surface area (Å²) in [5.74, 6) is -2.49. The van der Waals surface area contributed by atoms with Gasteiger partial charge in [-0.15, -0.1) is 0 Å². The summed E-state index contributed by atoms with van der Waals surface area (Å²) >= 11 is 5.56. The second-order valence-electron chi connectivity index (χ2n) is 3.18. The van der Waals surface area contributed by atoms with Gasteiger partial charge < -0.3 is 15.2 Å². The highest BCUT2D eigenvalue weighted by Crippen LogP contribution is 2.33.